The molecule has 0 heterocycles. The first kappa shape index (κ1) is 11.3. The molecule has 1 aromatic rings. The summed E-state index contributed by atoms with van der Waals surface area (Å²) >= 11 is 0. The normalized spacial score (nSPS) is 8.42. The van der Waals surface area contributed by atoms with E-state index in [0.29, 0.717) is 6.42 Å². The minimum Gasteiger partial charge on any atom is -0.326 e. The zero-order valence-electron chi connectivity index (χ0n) is 7.50. The molecule has 0 aliphatic heterocycles. The van der Waals surface area contributed by atoms with Crippen molar-refractivity contribution in [3.8, 4) is 0 Å². The Bertz CT molecular complexity index is 236. The second-order valence-corrected chi connectivity index (χ2v) is 2.27. The van der Waals surface area contributed by atoms with Crippen molar-refractivity contribution < 1.29 is 4.79 Å². The van der Waals surface area contributed by atoms with Crippen LogP contribution in [-0.4, -0.2) is 24.8 Å². The average molecular weight is 156 g/mol. The average Bonchev–Trinajstić information content (AvgIpc) is 2.06. The molecule has 0 fully saturated rings. The van der Waals surface area contributed by atoms with E-state index in [1.165, 1.54) is 0 Å². The largest absolute Gasteiger partial charge is 0.326 e. The summed E-state index contributed by atoms with van der Waals surface area (Å²) < 4.78 is 0. The van der Waals surface area contributed by atoms with Crippen molar-refractivity contribution in [2.24, 2.45) is 0 Å². The smallest absolute Gasteiger partial charge is 0.224 e. The van der Waals surface area contributed by atoms with Crippen molar-refractivity contribution >= 4 is 30.5 Å². The fourth-order valence-corrected chi connectivity index (χ4v) is 0.771. The van der Waals surface area contributed by atoms with E-state index < -0.39 is 0 Å². The van der Waals surface area contributed by atoms with Crippen molar-refractivity contribution in [3.63, 3.8) is 0 Å². The van der Waals surface area contributed by atoms with Gasteiger partial charge in [-0.05, 0) is 12.1 Å². The third-order valence-corrected chi connectivity index (χ3v) is 1.38. The molecule has 0 atom stereocenters. The SMILES string of the molecule is CCC(=O)Nc1ccccc1.[Li]. The number of para-hydroxylation sites is 1. The molecule has 0 saturated carbocycles. The fraction of sp³-hybridized carbons (Fsp3) is 0.222. The van der Waals surface area contributed by atoms with Crippen LogP contribution in [0.5, 0.6) is 0 Å². The van der Waals surface area contributed by atoms with Crippen molar-refractivity contribution in [1.29, 1.82) is 0 Å². The Kier molecular flexibility index (Phi) is 5.53. The first-order valence-electron chi connectivity index (χ1n) is 3.68. The Hall–Kier alpha value is -0.713. The van der Waals surface area contributed by atoms with E-state index in [1.807, 2.05) is 37.3 Å². The Morgan fingerprint density at radius 2 is 1.92 bits per heavy atom. The molecule has 1 aromatic carbocycles. The summed E-state index contributed by atoms with van der Waals surface area (Å²) in [5, 5.41) is 2.75. The van der Waals surface area contributed by atoms with Crippen molar-refractivity contribution in [2.45, 2.75) is 13.3 Å². The Labute approximate surface area is 84.5 Å². The number of carbonyl (C=O) groups excluding carboxylic acids is 1. The van der Waals surface area contributed by atoms with Gasteiger partial charge < -0.3 is 5.32 Å². The second-order valence-electron chi connectivity index (χ2n) is 2.27. The summed E-state index contributed by atoms with van der Waals surface area (Å²) in [6.07, 6.45) is 0.523. The number of carbonyl (C=O) groups is 1. The first-order valence-corrected chi connectivity index (χ1v) is 3.68. The molecule has 0 aliphatic rings. The molecule has 12 heavy (non-hydrogen) atoms. The number of nitrogens with one attached hydrogen (secondary N) is 1. The molecule has 1 N–H and O–H groups in total. The van der Waals surface area contributed by atoms with Gasteiger partial charge in [0.1, 0.15) is 0 Å². The standard InChI is InChI=1S/C9H11NO.Li/c1-2-9(11)10-8-6-4-3-5-7-8;/h3-7H,2H2,1H3,(H,10,11);. The molecule has 1 amide bonds. The zero-order valence-corrected chi connectivity index (χ0v) is 7.50. The molecule has 0 aliphatic carbocycles. The summed E-state index contributed by atoms with van der Waals surface area (Å²) in [6.45, 7) is 1.83. The van der Waals surface area contributed by atoms with Crippen LogP contribution in [0.25, 0.3) is 0 Å². The maximum atomic E-state index is 10.9. The van der Waals surface area contributed by atoms with Crippen LogP contribution in [0, 0.1) is 0 Å². The van der Waals surface area contributed by atoms with Gasteiger partial charge in [0.15, 0.2) is 0 Å². The zero-order chi connectivity index (χ0) is 8.10. The molecule has 0 unspecified atom stereocenters. The van der Waals surface area contributed by atoms with E-state index in [4.69, 9.17) is 0 Å². The van der Waals surface area contributed by atoms with Crippen LogP contribution in [0.3, 0.4) is 0 Å². The molecule has 0 bridgehead atoms. The molecule has 1 radical (unpaired) electrons. The Morgan fingerprint density at radius 1 is 1.33 bits per heavy atom. The molecule has 3 heteroatoms. The summed E-state index contributed by atoms with van der Waals surface area (Å²) in [7, 11) is 0. The molecule has 2 nitrogen and oxygen atoms in total. The minimum atomic E-state index is 0. The maximum absolute atomic E-state index is 10.9. The molecular weight excluding hydrogens is 145 g/mol. The summed E-state index contributed by atoms with van der Waals surface area (Å²) in [5.41, 5.74) is 0.861. The number of benzene rings is 1. The van der Waals surface area contributed by atoms with Gasteiger partial charge in [-0.2, -0.15) is 0 Å². The maximum Gasteiger partial charge on any atom is 0.224 e. The van der Waals surface area contributed by atoms with Gasteiger partial charge in [0.25, 0.3) is 0 Å². The summed E-state index contributed by atoms with van der Waals surface area (Å²) in [5.74, 6) is 0.0520. The number of anilines is 1. The minimum absolute atomic E-state index is 0. The fourth-order valence-electron chi connectivity index (χ4n) is 0.771. The Balaban J connectivity index is 0.00000121. The van der Waals surface area contributed by atoms with Crippen molar-refractivity contribution in [3.05, 3.63) is 30.3 Å². The topological polar surface area (TPSA) is 29.1 Å². The van der Waals surface area contributed by atoms with Crippen molar-refractivity contribution in [1.82, 2.24) is 0 Å². The van der Waals surface area contributed by atoms with Gasteiger partial charge in [-0.3, -0.25) is 4.79 Å². The van der Waals surface area contributed by atoms with Gasteiger partial charge >= 0.3 is 0 Å². The van der Waals surface area contributed by atoms with Crippen LogP contribution in [0.15, 0.2) is 30.3 Å². The third-order valence-electron chi connectivity index (χ3n) is 1.38. The van der Waals surface area contributed by atoms with Gasteiger partial charge in [-0.15, -0.1) is 0 Å². The van der Waals surface area contributed by atoms with E-state index in [-0.39, 0.29) is 24.8 Å². The number of hydrogen-bond donors (Lipinski definition) is 1. The van der Waals surface area contributed by atoms with E-state index in [0.717, 1.165) is 5.69 Å². The van der Waals surface area contributed by atoms with Crippen LogP contribution in [-0.2, 0) is 4.79 Å². The van der Waals surface area contributed by atoms with Gasteiger partial charge in [0.2, 0.25) is 5.91 Å². The van der Waals surface area contributed by atoms with Gasteiger partial charge in [-0.1, -0.05) is 25.1 Å². The van der Waals surface area contributed by atoms with Crippen LogP contribution in [0.2, 0.25) is 0 Å². The second kappa shape index (κ2) is 5.88. The molecule has 59 valence electrons. The van der Waals surface area contributed by atoms with E-state index >= 15 is 0 Å². The first-order chi connectivity index (χ1) is 5.33. The van der Waals surface area contributed by atoms with Gasteiger partial charge in [-0.25, -0.2) is 0 Å². The predicted molar refractivity (Wildman–Crippen MR) is 51.1 cm³/mol. The molecule has 1 rings (SSSR count). The number of rotatable bonds is 2. The van der Waals surface area contributed by atoms with E-state index in [1.54, 1.807) is 0 Å². The van der Waals surface area contributed by atoms with E-state index in [2.05, 4.69) is 5.32 Å². The van der Waals surface area contributed by atoms with Gasteiger partial charge in [0.05, 0.1) is 0 Å². The molecule has 0 aromatic heterocycles. The number of amides is 1. The quantitative estimate of drug-likeness (QED) is 0.648. The molecular formula is C9H11LiNO. The van der Waals surface area contributed by atoms with E-state index in [9.17, 15) is 4.79 Å². The van der Waals surface area contributed by atoms with Gasteiger partial charge in [0, 0.05) is 31.0 Å². The summed E-state index contributed by atoms with van der Waals surface area (Å²) in [4.78, 5) is 10.9. The predicted octanol–water partition coefficient (Wildman–Crippen LogP) is 1.65. The van der Waals surface area contributed by atoms with Crippen LogP contribution in [0.1, 0.15) is 13.3 Å². The molecule has 0 saturated heterocycles. The number of hydrogen-bond acceptors (Lipinski definition) is 1. The van der Waals surface area contributed by atoms with Crippen LogP contribution < -0.4 is 5.32 Å². The third kappa shape index (κ3) is 3.61. The van der Waals surface area contributed by atoms with Crippen LogP contribution >= 0.6 is 0 Å². The van der Waals surface area contributed by atoms with Crippen LogP contribution in [0.4, 0.5) is 5.69 Å². The molecule has 0 spiro atoms. The van der Waals surface area contributed by atoms with Crippen molar-refractivity contribution in [2.75, 3.05) is 5.32 Å². The summed E-state index contributed by atoms with van der Waals surface area (Å²) in [6, 6.07) is 9.44. The monoisotopic (exact) mass is 156 g/mol. The Morgan fingerprint density at radius 3 is 2.42 bits per heavy atom.